The van der Waals surface area contributed by atoms with Gasteiger partial charge in [0.05, 0.1) is 0 Å². The number of hydrogen-bond acceptors (Lipinski definition) is 1. The van der Waals surface area contributed by atoms with Crippen LogP contribution in [0.2, 0.25) is 0 Å². The molecule has 80 valence electrons. The summed E-state index contributed by atoms with van der Waals surface area (Å²) in [5, 5.41) is 0. The number of rotatable bonds is 7. The average molecular weight is 185 g/mol. The lowest BCUT2D eigenvalue weighted by Crippen LogP contribution is -2.33. The van der Waals surface area contributed by atoms with Crippen LogP contribution in [0.15, 0.2) is 0 Å². The zero-order chi connectivity index (χ0) is 10.3. The van der Waals surface area contributed by atoms with Crippen LogP contribution in [0.3, 0.4) is 0 Å². The maximum absolute atomic E-state index is 2.43. The van der Waals surface area contributed by atoms with Gasteiger partial charge in [0.1, 0.15) is 0 Å². The molecular weight excluding hydrogens is 158 g/mol. The molecule has 1 nitrogen and oxygen atoms in total. The third kappa shape index (κ3) is 5.30. The first-order chi connectivity index (χ1) is 6.08. The molecule has 0 N–H and O–H groups in total. The Hall–Kier alpha value is -0.0400. The van der Waals surface area contributed by atoms with Crippen LogP contribution in [-0.4, -0.2) is 25.0 Å². The van der Waals surface area contributed by atoms with Gasteiger partial charge in [-0.2, -0.15) is 0 Å². The Bertz CT molecular complexity index is 122. The molecule has 0 heterocycles. The Labute approximate surface area is 84.5 Å². The summed E-state index contributed by atoms with van der Waals surface area (Å²) in [6.45, 7) is 11.7. The second-order valence-corrected chi connectivity index (χ2v) is 4.60. The average Bonchev–Trinajstić information content (AvgIpc) is 2.14. The van der Waals surface area contributed by atoms with Crippen molar-refractivity contribution in [1.29, 1.82) is 0 Å². The fourth-order valence-corrected chi connectivity index (χ4v) is 1.73. The normalized spacial score (nSPS) is 16.2. The van der Waals surface area contributed by atoms with Crippen molar-refractivity contribution in [2.45, 2.75) is 53.4 Å². The van der Waals surface area contributed by atoms with Crippen LogP contribution in [0.5, 0.6) is 0 Å². The molecule has 0 aromatic heterocycles. The van der Waals surface area contributed by atoms with E-state index in [0.29, 0.717) is 5.41 Å². The first kappa shape index (κ1) is 13.0. The van der Waals surface area contributed by atoms with Gasteiger partial charge >= 0.3 is 0 Å². The lowest BCUT2D eigenvalue weighted by atomic mass is 9.82. The lowest BCUT2D eigenvalue weighted by Gasteiger charge is -2.32. The van der Waals surface area contributed by atoms with E-state index in [1.807, 2.05) is 0 Å². The van der Waals surface area contributed by atoms with Gasteiger partial charge in [0.15, 0.2) is 0 Å². The minimum atomic E-state index is 0.542. The molecule has 0 aromatic carbocycles. The van der Waals surface area contributed by atoms with Crippen molar-refractivity contribution < 1.29 is 0 Å². The highest BCUT2D eigenvalue weighted by Gasteiger charge is 2.22. The van der Waals surface area contributed by atoms with Crippen LogP contribution < -0.4 is 0 Å². The molecule has 1 unspecified atom stereocenters. The summed E-state index contributed by atoms with van der Waals surface area (Å²) in [5.74, 6) is 0. The third-order valence-electron chi connectivity index (χ3n) is 3.18. The van der Waals surface area contributed by atoms with Gasteiger partial charge in [0, 0.05) is 6.54 Å². The molecule has 0 aliphatic heterocycles. The summed E-state index contributed by atoms with van der Waals surface area (Å²) >= 11 is 0. The van der Waals surface area contributed by atoms with Gasteiger partial charge in [-0.1, -0.05) is 40.5 Å². The standard InChI is InChI=1S/C12H27N/c1-6-9-10-12(4,7-2)11-13(5)8-3/h6-11H2,1-5H3. The van der Waals surface area contributed by atoms with E-state index in [1.165, 1.54) is 38.8 Å². The Balaban J connectivity index is 3.94. The highest BCUT2D eigenvalue weighted by Crippen LogP contribution is 2.28. The maximum Gasteiger partial charge on any atom is 0.00321 e. The van der Waals surface area contributed by atoms with Crippen LogP contribution in [-0.2, 0) is 0 Å². The number of unbranched alkanes of at least 4 members (excludes halogenated alkanes) is 1. The minimum Gasteiger partial charge on any atom is -0.306 e. The van der Waals surface area contributed by atoms with Gasteiger partial charge in [0.25, 0.3) is 0 Å². The molecule has 0 aliphatic carbocycles. The molecule has 0 rings (SSSR count). The van der Waals surface area contributed by atoms with Crippen LogP contribution in [0.4, 0.5) is 0 Å². The van der Waals surface area contributed by atoms with Crippen molar-refractivity contribution in [3.63, 3.8) is 0 Å². The van der Waals surface area contributed by atoms with Crippen molar-refractivity contribution in [3.05, 3.63) is 0 Å². The van der Waals surface area contributed by atoms with Crippen LogP contribution >= 0.6 is 0 Å². The van der Waals surface area contributed by atoms with Crippen molar-refractivity contribution in [1.82, 2.24) is 4.90 Å². The van der Waals surface area contributed by atoms with E-state index in [4.69, 9.17) is 0 Å². The third-order valence-corrected chi connectivity index (χ3v) is 3.18. The molecule has 0 saturated heterocycles. The van der Waals surface area contributed by atoms with Gasteiger partial charge in [-0.25, -0.2) is 0 Å². The molecule has 0 aromatic rings. The van der Waals surface area contributed by atoms with Gasteiger partial charge in [-0.05, 0) is 31.8 Å². The van der Waals surface area contributed by atoms with E-state index in [1.54, 1.807) is 0 Å². The van der Waals surface area contributed by atoms with Gasteiger partial charge in [-0.15, -0.1) is 0 Å². The smallest absolute Gasteiger partial charge is 0.00321 e. The summed E-state index contributed by atoms with van der Waals surface area (Å²) in [6.07, 6.45) is 5.38. The van der Waals surface area contributed by atoms with Crippen molar-refractivity contribution in [2.24, 2.45) is 5.41 Å². The molecule has 0 saturated carbocycles. The van der Waals surface area contributed by atoms with Crippen LogP contribution in [0.25, 0.3) is 0 Å². The Morgan fingerprint density at radius 3 is 2.15 bits per heavy atom. The molecule has 0 aliphatic rings. The van der Waals surface area contributed by atoms with Gasteiger partial charge < -0.3 is 4.90 Å². The largest absolute Gasteiger partial charge is 0.306 e. The van der Waals surface area contributed by atoms with E-state index in [-0.39, 0.29) is 0 Å². The lowest BCUT2D eigenvalue weighted by molar-refractivity contribution is 0.175. The first-order valence-corrected chi connectivity index (χ1v) is 5.76. The van der Waals surface area contributed by atoms with Crippen molar-refractivity contribution in [3.8, 4) is 0 Å². The molecule has 13 heavy (non-hydrogen) atoms. The summed E-state index contributed by atoms with van der Waals surface area (Å²) in [7, 11) is 2.22. The SMILES string of the molecule is CCCCC(C)(CC)CN(C)CC. The molecule has 0 bridgehead atoms. The Morgan fingerprint density at radius 2 is 1.77 bits per heavy atom. The van der Waals surface area contributed by atoms with Gasteiger partial charge in [0.2, 0.25) is 0 Å². The molecule has 1 atom stereocenters. The predicted octanol–water partition coefficient (Wildman–Crippen LogP) is 3.54. The minimum absolute atomic E-state index is 0.542. The first-order valence-electron chi connectivity index (χ1n) is 5.76. The fourth-order valence-electron chi connectivity index (χ4n) is 1.73. The maximum atomic E-state index is 2.43. The monoisotopic (exact) mass is 185 g/mol. The zero-order valence-electron chi connectivity index (χ0n) is 10.2. The highest BCUT2D eigenvalue weighted by molar-refractivity contribution is 4.75. The second kappa shape index (κ2) is 6.42. The Kier molecular flexibility index (Phi) is 6.40. The molecule has 0 amide bonds. The summed E-state index contributed by atoms with van der Waals surface area (Å²) in [4.78, 5) is 2.43. The summed E-state index contributed by atoms with van der Waals surface area (Å²) < 4.78 is 0. The van der Waals surface area contributed by atoms with Crippen molar-refractivity contribution in [2.75, 3.05) is 20.1 Å². The highest BCUT2D eigenvalue weighted by atomic mass is 15.1. The van der Waals surface area contributed by atoms with E-state index < -0.39 is 0 Å². The predicted molar refractivity (Wildman–Crippen MR) is 61.1 cm³/mol. The van der Waals surface area contributed by atoms with Crippen LogP contribution in [0, 0.1) is 5.41 Å². The molecule has 1 heteroatoms. The molecule has 0 radical (unpaired) electrons. The van der Waals surface area contributed by atoms with Crippen LogP contribution in [0.1, 0.15) is 53.4 Å². The second-order valence-electron chi connectivity index (χ2n) is 4.60. The quantitative estimate of drug-likeness (QED) is 0.586. The molecule has 0 fully saturated rings. The Morgan fingerprint density at radius 1 is 1.15 bits per heavy atom. The molecule has 0 spiro atoms. The number of hydrogen-bond donors (Lipinski definition) is 0. The number of nitrogens with zero attached hydrogens (tertiary/aromatic N) is 1. The fraction of sp³-hybridized carbons (Fsp3) is 1.00. The zero-order valence-corrected chi connectivity index (χ0v) is 10.2. The van der Waals surface area contributed by atoms with E-state index in [2.05, 4.69) is 39.6 Å². The van der Waals surface area contributed by atoms with Crippen molar-refractivity contribution >= 4 is 0 Å². The topological polar surface area (TPSA) is 3.24 Å². The van der Waals surface area contributed by atoms with E-state index in [9.17, 15) is 0 Å². The van der Waals surface area contributed by atoms with Gasteiger partial charge in [-0.3, -0.25) is 0 Å². The molecular formula is C12H27N. The van der Waals surface area contributed by atoms with E-state index in [0.717, 1.165) is 0 Å². The van der Waals surface area contributed by atoms with E-state index >= 15 is 0 Å². The summed E-state index contributed by atoms with van der Waals surface area (Å²) in [6, 6.07) is 0. The summed E-state index contributed by atoms with van der Waals surface area (Å²) in [5.41, 5.74) is 0.542.